The molecule has 1 atom stereocenters. The number of halogens is 2. The number of β-amino-alcohol motifs (C(OH)–C–C–N with tert-alkyl or cyclic N) is 1. The van der Waals surface area contributed by atoms with Crippen LogP contribution < -0.4 is 4.74 Å². The van der Waals surface area contributed by atoms with Crippen molar-refractivity contribution in [2.45, 2.75) is 37.3 Å². The van der Waals surface area contributed by atoms with Gasteiger partial charge in [0, 0.05) is 25.2 Å². The molecule has 0 spiro atoms. The van der Waals surface area contributed by atoms with E-state index in [1.54, 1.807) is 0 Å². The van der Waals surface area contributed by atoms with Crippen molar-refractivity contribution in [3.05, 3.63) is 29.8 Å². The van der Waals surface area contributed by atoms with E-state index in [1.807, 2.05) is 0 Å². The predicted molar refractivity (Wildman–Crippen MR) is 81.5 cm³/mol. The Bertz CT molecular complexity index is 537. The number of hydrogen-bond donors (Lipinski definition) is 1. The van der Waals surface area contributed by atoms with Crippen molar-refractivity contribution in [2.75, 3.05) is 32.9 Å². The van der Waals surface area contributed by atoms with Crippen LogP contribution in [0.3, 0.4) is 0 Å². The number of aliphatic hydroxyl groups is 1. The standard InChI is InChI=1S/C17H23F2NO3/c18-15-6-5-14(9-16(15)19)23-12-17(21)10-20(7-8-22-11-17)13-3-1-2-4-13/h5-6,9,13,21H,1-4,7-8,10-12H2/t17-/m0/s1. The maximum Gasteiger partial charge on any atom is 0.162 e. The van der Waals surface area contributed by atoms with Crippen LogP contribution in [0.4, 0.5) is 8.78 Å². The lowest BCUT2D eigenvalue weighted by Crippen LogP contribution is -2.51. The van der Waals surface area contributed by atoms with Crippen LogP contribution in [0.2, 0.25) is 0 Å². The van der Waals surface area contributed by atoms with Crippen LogP contribution in [0.25, 0.3) is 0 Å². The Balaban J connectivity index is 1.62. The van der Waals surface area contributed by atoms with Crippen molar-refractivity contribution in [1.82, 2.24) is 4.90 Å². The molecule has 23 heavy (non-hydrogen) atoms. The van der Waals surface area contributed by atoms with Crippen molar-refractivity contribution in [3.63, 3.8) is 0 Å². The molecule has 128 valence electrons. The van der Waals surface area contributed by atoms with Gasteiger partial charge in [-0.05, 0) is 25.0 Å². The molecule has 1 aromatic carbocycles. The second kappa shape index (κ2) is 7.11. The van der Waals surface area contributed by atoms with E-state index >= 15 is 0 Å². The van der Waals surface area contributed by atoms with E-state index in [4.69, 9.17) is 9.47 Å². The highest BCUT2D eigenvalue weighted by Gasteiger charge is 2.36. The fourth-order valence-electron chi connectivity index (χ4n) is 3.40. The van der Waals surface area contributed by atoms with Gasteiger partial charge < -0.3 is 14.6 Å². The largest absolute Gasteiger partial charge is 0.490 e. The van der Waals surface area contributed by atoms with Gasteiger partial charge in [0.15, 0.2) is 11.6 Å². The zero-order valence-corrected chi connectivity index (χ0v) is 13.1. The first kappa shape index (κ1) is 16.6. The fraction of sp³-hybridized carbons (Fsp3) is 0.647. The van der Waals surface area contributed by atoms with Crippen molar-refractivity contribution in [2.24, 2.45) is 0 Å². The van der Waals surface area contributed by atoms with E-state index < -0.39 is 17.2 Å². The number of benzene rings is 1. The van der Waals surface area contributed by atoms with Gasteiger partial charge in [0.2, 0.25) is 0 Å². The van der Waals surface area contributed by atoms with Crippen LogP contribution in [0.15, 0.2) is 18.2 Å². The summed E-state index contributed by atoms with van der Waals surface area (Å²) in [7, 11) is 0. The smallest absolute Gasteiger partial charge is 0.162 e. The molecule has 1 N–H and O–H groups in total. The summed E-state index contributed by atoms with van der Waals surface area (Å²) in [5.41, 5.74) is -1.15. The zero-order chi connectivity index (χ0) is 16.3. The molecule has 1 saturated carbocycles. The summed E-state index contributed by atoms with van der Waals surface area (Å²) in [4.78, 5) is 2.27. The van der Waals surface area contributed by atoms with Crippen LogP contribution in [-0.4, -0.2) is 54.6 Å². The third kappa shape index (κ3) is 4.19. The molecule has 1 aliphatic carbocycles. The minimum Gasteiger partial charge on any atom is -0.490 e. The molecule has 1 heterocycles. The second-order valence-electron chi connectivity index (χ2n) is 6.55. The first-order chi connectivity index (χ1) is 11.1. The van der Waals surface area contributed by atoms with Gasteiger partial charge in [-0.25, -0.2) is 8.78 Å². The first-order valence-electron chi connectivity index (χ1n) is 8.18. The van der Waals surface area contributed by atoms with E-state index in [2.05, 4.69) is 4.90 Å². The number of ether oxygens (including phenoxy) is 2. The predicted octanol–water partition coefficient (Wildman–Crippen LogP) is 2.35. The van der Waals surface area contributed by atoms with Gasteiger partial charge in [-0.1, -0.05) is 12.8 Å². The Hall–Kier alpha value is -1.24. The van der Waals surface area contributed by atoms with E-state index in [1.165, 1.54) is 18.9 Å². The van der Waals surface area contributed by atoms with Gasteiger partial charge in [0.05, 0.1) is 13.2 Å². The maximum atomic E-state index is 13.2. The van der Waals surface area contributed by atoms with Gasteiger partial charge in [-0.3, -0.25) is 4.90 Å². The molecule has 6 heteroatoms. The lowest BCUT2D eigenvalue weighted by atomic mass is 10.0. The highest BCUT2D eigenvalue weighted by atomic mass is 19.2. The molecule has 1 aromatic rings. The van der Waals surface area contributed by atoms with Gasteiger partial charge in [0.25, 0.3) is 0 Å². The van der Waals surface area contributed by atoms with Gasteiger partial charge >= 0.3 is 0 Å². The van der Waals surface area contributed by atoms with Gasteiger partial charge in [0.1, 0.15) is 18.0 Å². The Morgan fingerprint density at radius 1 is 1.26 bits per heavy atom. The molecule has 3 rings (SSSR count). The highest BCUT2D eigenvalue weighted by molar-refractivity contribution is 5.23. The number of nitrogens with zero attached hydrogens (tertiary/aromatic N) is 1. The summed E-state index contributed by atoms with van der Waals surface area (Å²) in [6, 6.07) is 3.86. The third-order valence-electron chi connectivity index (χ3n) is 4.63. The molecule has 1 aliphatic heterocycles. The molecule has 0 amide bonds. The summed E-state index contributed by atoms with van der Waals surface area (Å²) < 4.78 is 37.2. The summed E-state index contributed by atoms with van der Waals surface area (Å²) in [5, 5.41) is 10.8. The van der Waals surface area contributed by atoms with E-state index in [0.29, 0.717) is 19.2 Å². The fourth-order valence-corrected chi connectivity index (χ4v) is 3.40. The molecule has 0 unspecified atom stereocenters. The average Bonchev–Trinajstić information content (AvgIpc) is 2.99. The number of hydrogen-bond acceptors (Lipinski definition) is 4. The quantitative estimate of drug-likeness (QED) is 0.922. The topological polar surface area (TPSA) is 41.9 Å². The van der Waals surface area contributed by atoms with Gasteiger partial charge in [-0.2, -0.15) is 0 Å². The second-order valence-corrected chi connectivity index (χ2v) is 6.55. The molecule has 1 saturated heterocycles. The lowest BCUT2D eigenvalue weighted by Gasteiger charge is -2.33. The van der Waals surface area contributed by atoms with Crippen LogP contribution in [0, 0.1) is 11.6 Å². The Morgan fingerprint density at radius 2 is 2.04 bits per heavy atom. The summed E-state index contributed by atoms with van der Waals surface area (Å²) in [6.07, 6.45) is 4.76. The molecule has 0 bridgehead atoms. The van der Waals surface area contributed by atoms with Crippen molar-refractivity contribution in [3.8, 4) is 5.75 Å². The summed E-state index contributed by atoms with van der Waals surface area (Å²) in [5.74, 6) is -1.67. The third-order valence-corrected chi connectivity index (χ3v) is 4.63. The van der Waals surface area contributed by atoms with Crippen molar-refractivity contribution >= 4 is 0 Å². The van der Waals surface area contributed by atoms with Gasteiger partial charge in [-0.15, -0.1) is 0 Å². The molecule has 2 aliphatic rings. The van der Waals surface area contributed by atoms with E-state index in [-0.39, 0.29) is 19.0 Å². The van der Waals surface area contributed by atoms with Crippen molar-refractivity contribution in [1.29, 1.82) is 0 Å². The number of rotatable bonds is 4. The van der Waals surface area contributed by atoms with E-state index in [9.17, 15) is 13.9 Å². The van der Waals surface area contributed by atoms with Crippen LogP contribution in [0.1, 0.15) is 25.7 Å². The summed E-state index contributed by atoms with van der Waals surface area (Å²) in [6.45, 7) is 2.03. The molecule has 0 aromatic heterocycles. The Labute approximate surface area is 135 Å². The van der Waals surface area contributed by atoms with Crippen LogP contribution in [-0.2, 0) is 4.74 Å². The Morgan fingerprint density at radius 3 is 2.78 bits per heavy atom. The monoisotopic (exact) mass is 327 g/mol. The molecular formula is C17H23F2NO3. The zero-order valence-electron chi connectivity index (χ0n) is 13.1. The van der Waals surface area contributed by atoms with E-state index in [0.717, 1.165) is 31.5 Å². The minimum atomic E-state index is -1.15. The molecule has 0 radical (unpaired) electrons. The Kier molecular flexibility index (Phi) is 5.14. The molecule has 2 fully saturated rings. The van der Waals surface area contributed by atoms with Crippen LogP contribution in [0.5, 0.6) is 5.75 Å². The minimum absolute atomic E-state index is 0.0126. The molecule has 4 nitrogen and oxygen atoms in total. The summed E-state index contributed by atoms with van der Waals surface area (Å²) >= 11 is 0. The first-order valence-corrected chi connectivity index (χ1v) is 8.18. The maximum absolute atomic E-state index is 13.2. The van der Waals surface area contributed by atoms with Crippen LogP contribution >= 0.6 is 0 Å². The average molecular weight is 327 g/mol. The SMILES string of the molecule is O[C@]1(COc2ccc(F)c(F)c2)COCCN(C2CCCC2)C1. The lowest BCUT2D eigenvalue weighted by molar-refractivity contribution is -0.0669. The highest BCUT2D eigenvalue weighted by Crippen LogP contribution is 2.26. The van der Waals surface area contributed by atoms with Crippen molar-refractivity contribution < 1.29 is 23.4 Å². The normalized spacial score (nSPS) is 27.1. The molecular weight excluding hydrogens is 304 g/mol.